The lowest BCUT2D eigenvalue weighted by Crippen LogP contribution is -1.99. The molecule has 1 heterocycles. The summed E-state index contributed by atoms with van der Waals surface area (Å²) in [7, 11) is 1.52. The summed E-state index contributed by atoms with van der Waals surface area (Å²) in [6.07, 6.45) is 0. The van der Waals surface area contributed by atoms with Gasteiger partial charge in [-0.25, -0.2) is 8.78 Å². The third-order valence-corrected chi connectivity index (χ3v) is 2.36. The first kappa shape index (κ1) is 13.7. The molecule has 0 atom stereocenters. The third kappa shape index (κ3) is 2.97. The molecule has 1 aromatic heterocycles. The lowest BCUT2D eigenvalue weighted by atomic mass is 10.3. The number of rotatable bonds is 4. The maximum atomic E-state index is 13.4. The number of nitro groups is 1. The molecule has 0 unspecified atom stereocenters. The van der Waals surface area contributed by atoms with Gasteiger partial charge in [0.1, 0.15) is 11.6 Å². The van der Waals surface area contributed by atoms with Crippen LogP contribution in [-0.2, 0) is 0 Å². The number of halogens is 2. The van der Waals surface area contributed by atoms with Gasteiger partial charge in [-0.3, -0.25) is 10.1 Å². The van der Waals surface area contributed by atoms with Crippen molar-refractivity contribution in [1.82, 2.24) is 4.98 Å². The van der Waals surface area contributed by atoms with Crippen LogP contribution < -0.4 is 10.1 Å². The van der Waals surface area contributed by atoms with Gasteiger partial charge in [0.05, 0.1) is 17.1 Å². The molecule has 2 aromatic rings. The van der Waals surface area contributed by atoms with Crippen molar-refractivity contribution >= 4 is 11.5 Å². The highest BCUT2D eigenvalue weighted by Crippen LogP contribution is 2.28. The summed E-state index contributed by atoms with van der Waals surface area (Å²) in [5, 5.41) is 13.4. The average molecular weight is 281 g/mol. The molecule has 0 radical (unpaired) electrons. The summed E-state index contributed by atoms with van der Waals surface area (Å²) in [6, 6.07) is 4.97. The van der Waals surface area contributed by atoms with E-state index in [1.54, 1.807) is 0 Å². The first-order valence-corrected chi connectivity index (χ1v) is 5.46. The van der Waals surface area contributed by atoms with Crippen LogP contribution in [0.3, 0.4) is 0 Å². The Hall–Kier alpha value is -2.77. The summed E-state index contributed by atoms with van der Waals surface area (Å²) in [5.41, 5.74) is -0.262. The van der Waals surface area contributed by atoms with Crippen molar-refractivity contribution in [2.45, 2.75) is 0 Å². The van der Waals surface area contributed by atoms with Crippen LogP contribution in [0.4, 0.5) is 20.3 Å². The molecule has 0 aliphatic heterocycles. The maximum Gasteiger partial charge on any atom is 0.278 e. The number of aromatic nitrogens is 1. The van der Waals surface area contributed by atoms with E-state index in [2.05, 4.69) is 10.3 Å². The molecule has 0 fully saturated rings. The van der Waals surface area contributed by atoms with Gasteiger partial charge in [-0.15, -0.1) is 0 Å². The number of nitrogens with zero attached hydrogens (tertiary/aromatic N) is 2. The molecule has 2 rings (SSSR count). The van der Waals surface area contributed by atoms with Crippen molar-refractivity contribution in [3.8, 4) is 11.6 Å². The molecule has 0 amide bonds. The number of benzene rings is 1. The Kier molecular flexibility index (Phi) is 3.74. The van der Waals surface area contributed by atoms with Gasteiger partial charge in [-0.2, -0.15) is 4.98 Å². The van der Waals surface area contributed by atoms with Gasteiger partial charge in [0, 0.05) is 13.1 Å². The molecule has 0 aliphatic carbocycles. The Labute approximate surface area is 112 Å². The minimum absolute atomic E-state index is 0.172. The largest absolute Gasteiger partial charge is 0.436 e. The monoisotopic (exact) mass is 281 g/mol. The van der Waals surface area contributed by atoms with E-state index in [1.807, 2.05) is 0 Å². The fourth-order valence-corrected chi connectivity index (χ4v) is 1.45. The van der Waals surface area contributed by atoms with Gasteiger partial charge in [0.15, 0.2) is 11.6 Å². The Morgan fingerprint density at radius 1 is 1.30 bits per heavy atom. The zero-order valence-electron chi connectivity index (χ0n) is 10.3. The van der Waals surface area contributed by atoms with E-state index in [1.165, 1.54) is 13.1 Å². The first-order chi connectivity index (χ1) is 9.49. The lowest BCUT2D eigenvalue weighted by molar-refractivity contribution is -0.384. The number of pyridine rings is 1. The molecule has 6 nitrogen and oxygen atoms in total. The van der Waals surface area contributed by atoms with Crippen LogP contribution in [0.2, 0.25) is 0 Å². The summed E-state index contributed by atoms with van der Waals surface area (Å²) < 4.78 is 31.3. The van der Waals surface area contributed by atoms with E-state index in [4.69, 9.17) is 4.74 Å². The Morgan fingerprint density at radius 3 is 2.65 bits per heavy atom. The minimum atomic E-state index is -0.927. The molecule has 1 aromatic carbocycles. The number of ether oxygens (including phenoxy) is 1. The van der Waals surface area contributed by atoms with E-state index in [9.17, 15) is 18.9 Å². The lowest BCUT2D eigenvalue weighted by Gasteiger charge is -2.07. The zero-order chi connectivity index (χ0) is 14.7. The van der Waals surface area contributed by atoms with Gasteiger partial charge < -0.3 is 10.1 Å². The van der Waals surface area contributed by atoms with E-state index >= 15 is 0 Å². The van der Waals surface area contributed by atoms with Crippen LogP contribution >= 0.6 is 0 Å². The topological polar surface area (TPSA) is 77.3 Å². The van der Waals surface area contributed by atoms with Gasteiger partial charge in [0.2, 0.25) is 5.88 Å². The van der Waals surface area contributed by atoms with Crippen molar-refractivity contribution < 1.29 is 18.4 Å². The molecular weight excluding hydrogens is 272 g/mol. The highest BCUT2D eigenvalue weighted by molar-refractivity contribution is 5.48. The number of nitrogens with one attached hydrogen (secondary N) is 1. The van der Waals surface area contributed by atoms with Gasteiger partial charge >= 0.3 is 0 Å². The SMILES string of the molecule is CNc1cc([N+](=O)[O-])cc(Oc2ccc(F)cc2F)n1. The molecule has 104 valence electrons. The molecule has 0 spiro atoms. The second kappa shape index (κ2) is 5.47. The van der Waals surface area contributed by atoms with Crippen LogP contribution in [0, 0.1) is 21.7 Å². The summed E-state index contributed by atoms with van der Waals surface area (Å²) in [5.74, 6) is -1.94. The zero-order valence-corrected chi connectivity index (χ0v) is 10.3. The standard InChI is InChI=1S/C12H9F2N3O3/c1-15-11-5-8(17(18)19)6-12(16-11)20-10-3-2-7(13)4-9(10)14/h2-6H,1H3,(H,15,16). The van der Waals surface area contributed by atoms with Crippen molar-refractivity contribution in [2.24, 2.45) is 0 Å². The van der Waals surface area contributed by atoms with Gasteiger partial charge in [-0.05, 0) is 12.1 Å². The highest BCUT2D eigenvalue weighted by Gasteiger charge is 2.14. The predicted octanol–water partition coefficient (Wildman–Crippen LogP) is 3.10. The van der Waals surface area contributed by atoms with Crippen molar-refractivity contribution in [1.29, 1.82) is 0 Å². The molecule has 0 aliphatic rings. The number of hydrogen-bond donors (Lipinski definition) is 1. The van der Waals surface area contributed by atoms with E-state index in [0.29, 0.717) is 6.07 Å². The second-order valence-electron chi connectivity index (χ2n) is 3.73. The van der Waals surface area contributed by atoms with Crippen LogP contribution in [0.15, 0.2) is 30.3 Å². The fraction of sp³-hybridized carbons (Fsp3) is 0.0833. The van der Waals surface area contributed by atoms with Crippen molar-refractivity contribution in [3.05, 3.63) is 52.1 Å². The minimum Gasteiger partial charge on any atom is -0.436 e. The smallest absolute Gasteiger partial charge is 0.278 e. The van der Waals surface area contributed by atoms with E-state index < -0.39 is 16.6 Å². The fourth-order valence-electron chi connectivity index (χ4n) is 1.45. The Bertz CT molecular complexity index is 664. The highest BCUT2D eigenvalue weighted by atomic mass is 19.1. The normalized spacial score (nSPS) is 10.2. The maximum absolute atomic E-state index is 13.4. The molecule has 0 bridgehead atoms. The van der Waals surface area contributed by atoms with Crippen molar-refractivity contribution in [3.63, 3.8) is 0 Å². The first-order valence-electron chi connectivity index (χ1n) is 5.46. The summed E-state index contributed by atoms with van der Waals surface area (Å²) in [6.45, 7) is 0. The molecule has 20 heavy (non-hydrogen) atoms. The quantitative estimate of drug-likeness (QED) is 0.688. The number of hydrogen-bond acceptors (Lipinski definition) is 5. The summed E-state index contributed by atoms with van der Waals surface area (Å²) >= 11 is 0. The molecule has 1 N–H and O–H groups in total. The van der Waals surface area contributed by atoms with E-state index in [-0.39, 0.29) is 23.1 Å². The molecule has 8 heteroatoms. The predicted molar refractivity (Wildman–Crippen MR) is 66.9 cm³/mol. The van der Waals surface area contributed by atoms with Crippen LogP contribution in [0.5, 0.6) is 11.6 Å². The average Bonchev–Trinajstić information content (AvgIpc) is 2.41. The van der Waals surface area contributed by atoms with Crippen LogP contribution in [-0.4, -0.2) is 17.0 Å². The van der Waals surface area contributed by atoms with Crippen LogP contribution in [0.25, 0.3) is 0 Å². The third-order valence-electron chi connectivity index (χ3n) is 2.36. The number of anilines is 1. The van der Waals surface area contributed by atoms with Crippen molar-refractivity contribution in [2.75, 3.05) is 12.4 Å². The van der Waals surface area contributed by atoms with Crippen LogP contribution in [0.1, 0.15) is 0 Å². The second-order valence-corrected chi connectivity index (χ2v) is 3.73. The summed E-state index contributed by atoms with van der Waals surface area (Å²) in [4.78, 5) is 14.0. The molecular formula is C12H9F2N3O3. The van der Waals surface area contributed by atoms with E-state index in [0.717, 1.165) is 18.2 Å². The molecule has 0 saturated carbocycles. The van der Waals surface area contributed by atoms with Gasteiger partial charge in [-0.1, -0.05) is 0 Å². The molecule has 0 saturated heterocycles. The van der Waals surface area contributed by atoms with Gasteiger partial charge in [0.25, 0.3) is 5.69 Å². The Balaban J connectivity index is 2.37. The Morgan fingerprint density at radius 2 is 2.05 bits per heavy atom.